The first-order valence-electron chi connectivity index (χ1n) is 8.66. The van der Waals surface area contributed by atoms with E-state index in [9.17, 15) is 4.79 Å². The fraction of sp³-hybridized carbons (Fsp3) is 0.350. The van der Waals surface area contributed by atoms with E-state index in [0.29, 0.717) is 11.4 Å². The van der Waals surface area contributed by atoms with Crippen LogP contribution in [-0.4, -0.2) is 28.2 Å². The van der Waals surface area contributed by atoms with E-state index in [1.165, 1.54) is 22.2 Å². The van der Waals surface area contributed by atoms with Gasteiger partial charge in [0.2, 0.25) is 5.91 Å². The average Bonchev–Trinajstić information content (AvgIpc) is 2.89. The first-order chi connectivity index (χ1) is 12.8. The smallest absolute Gasteiger partial charge is 0.237 e. The van der Waals surface area contributed by atoms with E-state index in [0.717, 1.165) is 26.6 Å². The van der Waals surface area contributed by atoms with Crippen molar-refractivity contribution in [1.82, 2.24) is 9.97 Å². The minimum absolute atomic E-state index is 0.0853. The van der Waals surface area contributed by atoms with Crippen molar-refractivity contribution in [1.29, 1.82) is 0 Å². The Labute approximate surface area is 167 Å². The summed E-state index contributed by atoms with van der Waals surface area (Å²) in [6.07, 6.45) is 0. The lowest BCUT2D eigenvalue weighted by molar-refractivity contribution is -0.115. The Bertz CT molecular complexity index is 1010. The number of rotatable bonds is 5. The van der Waals surface area contributed by atoms with Gasteiger partial charge < -0.3 is 10.1 Å². The number of thiophene rings is 1. The van der Waals surface area contributed by atoms with Gasteiger partial charge in [0.15, 0.2) is 0 Å². The maximum absolute atomic E-state index is 12.8. The van der Waals surface area contributed by atoms with Gasteiger partial charge >= 0.3 is 0 Å². The van der Waals surface area contributed by atoms with E-state index in [4.69, 9.17) is 4.74 Å². The van der Waals surface area contributed by atoms with Crippen molar-refractivity contribution in [3.8, 4) is 5.75 Å². The van der Waals surface area contributed by atoms with Crippen molar-refractivity contribution in [2.75, 3.05) is 12.4 Å². The highest BCUT2D eigenvalue weighted by Gasteiger charge is 2.21. The molecule has 1 amide bonds. The number of anilines is 1. The standard InChI is InChI=1S/C20H23N3O2S2/c1-10-7-8-16(25-6)15(9-10)23-18(24)13(4)27-20-17-11(2)12(3)26-19(17)21-14(5)22-20/h7-9,13H,1-6H3,(H,23,24)/t13-/m1/s1. The SMILES string of the molecule is COc1ccc(C)cc1NC(=O)[C@@H](C)Sc1nc(C)nc2sc(C)c(C)c12. The predicted octanol–water partition coefficient (Wildman–Crippen LogP) is 5.05. The molecule has 0 bridgehead atoms. The number of benzene rings is 1. The van der Waals surface area contributed by atoms with Gasteiger partial charge in [-0.25, -0.2) is 9.97 Å². The number of nitrogens with one attached hydrogen (secondary N) is 1. The summed E-state index contributed by atoms with van der Waals surface area (Å²) in [6.45, 7) is 9.93. The van der Waals surface area contributed by atoms with Gasteiger partial charge in [0, 0.05) is 10.3 Å². The van der Waals surface area contributed by atoms with Gasteiger partial charge in [-0.15, -0.1) is 11.3 Å². The van der Waals surface area contributed by atoms with Gasteiger partial charge in [0.05, 0.1) is 18.0 Å². The third-order valence-electron chi connectivity index (χ3n) is 4.38. The van der Waals surface area contributed by atoms with Crippen molar-refractivity contribution >= 4 is 44.9 Å². The molecule has 0 unspecified atom stereocenters. The van der Waals surface area contributed by atoms with Crippen LogP contribution >= 0.6 is 23.1 Å². The molecule has 5 nitrogen and oxygen atoms in total. The van der Waals surface area contributed by atoms with Gasteiger partial charge in [0.1, 0.15) is 21.4 Å². The Hall–Kier alpha value is -2.12. The number of carbonyl (C=O) groups excluding carboxylic acids is 1. The molecule has 1 atom stereocenters. The van der Waals surface area contributed by atoms with Crippen LogP contribution in [0.25, 0.3) is 10.2 Å². The second kappa shape index (κ2) is 7.86. The average molecular weight is 402 g/mol. The van der Waals surface area contributed by atoms with Crippen LogP contribution in [0.15, 0.2) is 23.2 Å². The number of nitrogens with zero attached hydrogens (tertiary/aromatic N) is 2. The molecule has 27 heavy (non-hydrogen) atoms. The minimum Gasteiger partial charge on any atom is -0.495 e. The molecule has 1 aromatic carbocycles. The van der Waals surface area contributed by atoms with Crippen molar-refractivity contribution in [2.24, 2.45) is 0 Å². The molecule has 0 fully saturated rings. The number of thioether (sulfide) groups is 1. The molecule has 1 N–H and O–H groups in total. The van der Waals surface area contributed by atoms with E-state index in [1.807, 2.05) is 39.0 Å². The lowest BCUT2D eigenvalue weighted by Crippen LogP contribution is -2.23. The summed E-state index contributed by atoms with van der Waals surface area (Å²) in [7, 11) is 1.60. The van der Waals surface area contributed by atoms with E-state index in [2.05, 4.69) is 29.1 Å². The Balaban J connectivity index is 1.85. The van der Waals surface area contributed by atoms with Crippen molar-refractivity contribution < 1.29 is 9.53 Å². The van der Waals surface area contributed by atoms with Gasteiger partial charge in [-0.1, -0.05) is 17.8 Å². The summed E-state index contributed by atoms with van der Waals surface area (Å²) in [4.78, 5) is 24.1. The highest BCUT2D eigenvalue weighted by Crippen LogP contribution is 2.37. The summed E-state index contributed by atoms with van der Waals surface area (Å²) >= 11 is 3.13. The quantitative estimate of drug-likeness (QED) is 0.479. The molecular formula is C20H23N3O2S2. The highest BCUT2D eigenvalue weighted by atomic mass is 32.2. The van der Waals surface area contributed by atoms with Crippen LogP contribution in [0.5, 0.6) is 5.75 Å². The molecule has 3 aromatic rings. The summed E-state index contributed by atoms with van der Waals surface area (Å²) in [5, 5.41) is 4.58. The minimum atomic E-state index is -0.313. The van der Waals surface area contributed by atoms with Crippen LogP contribution < -0.4 is 10.1 Å². The molecule has 0 radical (unpaired) electrons. The molecule has 3 rings (SSSR count). The number of hydrogen-bond acceptors (Lipinski definition) is 6. The maximum atomic E-state index is 12.8. The van der Waals surface area contributed by atoms with Gasteiger partial charge in [-0.05, 0) is 57.9 Å². The second-order valence-electron chi connectivity index (χ2n) is 6.49. The number of fused-ring (bicyclic) bond motifs is 1. The largest absolute Gasteiger partial charge is 0.495 e. The van der Waals surface area contributed by atoms with Crippen LogP contribution in [0.4, 0.5) is 5.69 Å². The summed E-state index contributed by atoms with van der Waals surface area (Å²) in [6, 6.07) is 5.72. The highest BCUT2D eigenvalue weighted by molar-refractivity contribution is 8.00. The third-order valence-corrected chi connectivity index (χ3v) is 6.57. The van der Waals surface area contributed by atoms with E-state index in [-0.39, 0.29) is 11.2 Å². The van der Waals surface area contributed by atoms with Crippen LogP contribution in [0, 0.1) is 27.7 Å². The number of methoxy groups -OCH3 is 1. The normalized spacial score (nSPS) is 12.2. The van der Waals surface area contributed by atoms with E-state index in [1.54, 1.807) is 18.4 Å². The fourth-order valence-corrected chi connectivity index (χ4v) is 4.97. The Morgan fingerprint density at radius 3 is 2.67 bits per heavy atom. The molecule has 7 heteroatoms. The number of carbonyl (C=O) groups is 1. The molecular weight excluding hydrogens is 378 g/mol. The van der Waals surface area contributed by atoms with E-state index >= 15 is 0 Å². The summed E-state index contributed by atoms with van der Waals surface area (Å²) < 4.78 is 5.35. The molecule has 0 aliphatic rings. The molecule has 2 aromatic heterocycles. The van der Waals surface area contributed by atoms with Crippen LogP contribution in [0.1, 0.15) is 28.8 Å². The monoisotopic (exact) mass is 401 g/mol. The topological polar surface area (TPSA) is 64.1 Å². The van der Waals surface area contributed by atoms with Crippen LogP contribution in [0.3, 0.4) is 0 Å². The van der Waals surface area contributed by atoms with Gasteiger partial charge in [-0.2, -0.15) is 0 Å². The summed E-state index contributed by atoms with van der Waals surface area (Å²) in [5.74, 6) is 1.29. The maximum Gasteiger partial charge on any atom is 0.237 e. The van der Waals surface area contributed by atoms with E-state index < -0.39 is 0 Å². The number of amides is 1. The molecule has 0 aliphatic carbocycles. The van der Waals surface area contributed by atoms with Crippen molar-refractivity contribution in [3.63, 3.8) is 0 Å². The Morgan fingerprint density at radius 2 is 1.96 bits per heavy atom. The molecule has 0 saturated heterocycles. The molecule has 0 aliphatic heterocycles. The van der Waals surface area contributed by atoms with Gasteiger partial charge in [-0.3, -0.25) is 4.79 Å². The number of aromatic nitrogens is 2. The van der Waals surface area contributed by atoms with Crippen molar-refractivity contribution in [2.45, 2.75) is 44.9 Å². The molecule has 142 valence electrons. The van der Waals surface area contributed by atoms with Gasteiger partial charge in [0.25, 0.3) is 0 Å². The lowest BCUT2D eigenvalue weighted by atomic mass is 10.2. The molecule has 2 heterocycles. The zero-order valence-electron chi connectivity index (χ0n) is 16.3. The number of ether oxygens (including phenoxy) is 1. The first kappa shape index (κ1) is 19.6. The zero-order chi connectivity index (χ0) is 19.7. The lowest BCUT2D eigenvalue weighted by Gasteiger charge is -2.15. The Morgan fingerprint density at radius 1 is 1.22 bits per heavy atom. The molecule has 0 saturated carbocycles. The van der Waals surface area contributed by atoms with Crippen molar-refractivity contribution in [3.05, 3.63) is 40.0 Å². The second-order valence-corrected chi connectivity index (χ2v) is 9.03. The summed E-state index contributed by atoms with van der Waals surface area (Å²) in [5.41, 5.74) is 2.93. The number of aryl methyl sites for hydroxylation is 4. The number of hydrogen-bond donors (Lipinski definition) is 1. The predicted molar refractivity (Wildman–Crippen MR) is 113 cm³/mol. The zero-order valence-corrected chi connectivity index (χ0v) is 18.0. The Kier molecular flexibility index (Phi) is 5.72. The first-order valence-corrected chi connectivity index (χ1v) is 10.4. The fourth-order valence-electron chi connectivity index (χ4n) is 2.77. The molecule has 0 spiro atoms. The third kappa shape index (κ3) is 4.09. The van der Waals surface area contributed by atoms with Crippen LogP contribution in [0.2, 0.25) is 0 Å². The van der Waals surface area contributed by atoms with Crippen LogP contribution in [-0.2, 0) is 4.79 Å².